The highest BCUT2D eigenvalue weighted by Gasteiger charge is 2.14. The Morgan fingerprint density at radius 1 is 1.39 bits per heavy atom. The number of nitrogens with zero attached hydrogens (tertiary/aromatic N) is 2. The van der Waals surface area contributed by atoms with Gasteiger partial charge in [0.15, 0.2) is 12.4 Å². The number of carbonyl (C=O) groups is 1. The lowest BCUT2D eigenvalue weighted by molar-refractivity contribution is -0.119. The van der Waals surface area contributed by atoms with Crippen molar-refractivity contribution in [1.29, 1.82) is 0 Å². The molecule has 0 aliphatic rings. The molecule has 0 saturated heterocycles. The predicted molar refractivity (Wildman–Crippen MR) is 81.4 cm³/mol. The lowest BCUT2D eigenvalue weighted by Crippen LogP contribution is -2.28. The monoisotopic (exact) mass is 334 g/mol. The molecule has 1 aromatic carbocycles. The van der Waals surface area contributed by atoms with E-state index >= 15 is 0 Å². The molecule has 3 rings (SSSR count). The van der Waals surface area contributed by atoms with E-state index in [1.54, 1.807) is 12.1 Å². The van der Waals surface area contributed by atoms with Crippen LogP contribution in [0.4, 0.5) is 4.39 Å². The molecule has 9 heteroatoms. The molecule has 0 unspecified atom stereocenters. The van der Waals surface area contributed by atoms with Crippen LogP contribution in [0.3, 0.4) is 0 Å². The first-order chi connectivity index (χ1) is 11.1. The summed E-state index contributed by atoms with van der Waals surface area (Å²) in [7, 11) is 0. The number of aromatic nitrogens is 3. The van der Waals surface area contributed by atoms with E-state index in [4.69, 9.17) is 21.4 Å². The van der Waals surface area contributed by atoms with Crippen molar-refractivity contribution in [2.45, 2.75) is 0 Å². The summed E-state index contributed by atoms with van der Waals surface area (Å²) in [6.45, 7) is -0.268. The average molecular weight is 334 g/mol. The van der Waals surface area contributed by atoms with Gasteiger partial charge in [-0.15, -0.1) is 5.10 Å². The minimum Gasteiger partial charge on any atom is -0.484 e. The molecule has 0 aliphatic heterocycles. The Balaban J connectivity index is 1.67. The van der Waals surface area contributed by atoms with E-state index in [9.17, 15) is 9.18 Å². The first kappa shape index (κ1) is 15.0. The molecule has 1 amide bonds. The number of hydrogen-bond acceptors (Lipinski definition) is 5. The number of rotatable bonds is 5. The van der Waals surface area contributed by atoms with Crippen molar-refractivity contribution < 1.29 is 18.3 Å². The van der Waals surface area contributed by atoms with Crippen LogP contribution in [0.2, 0.25) is 0 Å². The molecule has 0 aliphatic carbocycles. The van der Waals surface area contributed by atoms with Crippen molar-refractivity contribution in [2.24, 2.45) is 0 Å². The standard InChI is InChI=1S/C14H11FN4O3S/c15-9-3-5-10(6-4-9)22-8-12(20)18-19-13(16-17-14(19)23)11-2-1-7-21-11/h1-7H,8H2,(H,17,23)(H,18,20). The van der Waals surface area contributed by atoms with Gasteiger partial charge in [-0.2, -0.15) is 0 Å². The van der Waals surface area contributed by atoms with Crippen molar-refractivity contribution in [3.05, 3.63) is 53.2 Å². The number of carbonyl (C=O) groups excluding carboxylic acids is 1. The van der Waals surface area contributed by atoms with E-state index < -0.39 is 5.91 Å². The lowest BCUT2D eigenvalue weighted by atomic mass is 10.3. The van der Waals surface area contributed by atoms with Crippen LogP contribution in [-0.2, 0) is 4.79 Å². The van der Waals surface area contributed by atoms with Crippen LogP contribution in [0.25, 0.3) is 11.6 Å². The number of benzene rings is 1. The third-order valence-corrected chi connectivity index (χ3v) is 3.11. The van der Waals surface area contributed by atoms with Gasteiger partial charge in [0, 0.05) is 0 Å². The second kappa shape index (κ2) is 6.44. The van der Waals surface area contributed by atoms with Gasteiger partial charge >= 0.3 is 0 Å². The number of halogens is 1. The number of aromatic amines is 1. The second-order valence-corrected chi connectivity index (χ2v) is 4.83. The second-order valence-electron chi connectivity index (χ2n) is 4.44. The summed E-state index contributed by atoms with van der Waals surface area (Å²) in [5.74, 6) is 0.310. The van der Waals surface area contributed by atoms with Gasteiger partial charge in [-0.25, -0.2) is 14.2 Å². The number of ether oxygens (including phenoxy) is 1. The Kier molecular flexibility index (Phi) is 4.20. The smallest absolute Gasteiger partial charge is 0.276 e. The van der Waals surface area contributed by atoms with Crippen molar-refractivity contribution >= 4 is 18.1 Å². The lowest BCUT2D eigenvalue weighted by Gasteiger charge is -2.09. The van der Waals surface area contributed by atoms with E-state index in [0.717, 1.165) is 0 Å². The Morgan fingerprint density at radius 3 is 2.87 bits per heavy atom. The van der Waals surface area contributed by atoms with E-state index in [1.165, 1.54) is 35.2 Å². The van der Waals surface area contributed by atoms with E-state index in [0.29, 0.717) is 17.3 Å². The topological polar surface area (TPSA) is 85.1 Å². The van der Waals surface area contributed by atoms with Crippen LogP contribution in [0, 0.1) is 10.6 Å². The Morgan fingerprint density at radius 2 is 2.17 bits per heavy atom. The van der Waals surface area contributed by atoms with E-state index in [1.807, 2.05) is 0 Å². The van der Waals surface area contributed by atoms with Gasteiger partial charge in [0.1, 0.15) is 11.6 Å². The summed E-state index contributed by atoms with van der Waals surface area (Å²) in [6.07, 6.45) is 1.48. The summed E-state index contributed by atoms with van der Waals surface area (Å²) < 4.78 is 24.8. The molecule has 0 radical (unpaired) electrons. The number of hydrogen-bond donors (Lipinski definition) is 2. The SMILES string of the molecule is O=C(COc1ccc(F)cc1)Nn1c(-c2ccco2)n[nH]c1=S. The van der Waals surface area contributed by atoms with Gasteiger partial charge in [-0.1, -0.05) is 0 Å². The van der Waals surface area contributed by atoms with Gasteiger partial charge in [0.25, 0.3) is 5.91 Å². The minimum absolute atomic E-state index is 0.200. The molecule has 0 bridgehead atoms. The molecule has 118 valence electrons. The molecule has 23 heavy (non-hydrogen) atoms. The van der Waals surface area contributed by atoms with Crippen LogP contribution in [-0.4, -0.2) is 27.4 Å². The highest BCUT2D eigenvalue weighted by molar-refractivity contribution is 7.71. The normalized spacial score (nSPS) is 10.5. The first-order valence-electron chi connectivity index (χ1n) is 6.53. The average Bonchev–Trinajstić information content (AvgIpc) is 3.18. The van der Waals surface area contributed by atoms with Crippen molar-refractivity contribution in [1.82, 2.24) is 14.9 Å². The molecular weight excluding hydrogens is 323 g/mol. The first-order valence-corrected chi connectivity index (χ1v) is 6.94. The van der Waals surface area contributed by atoms with Crippen LogP contribution < -0.4 is 10.2 Å². The van der Waals surface area contributed by atoms with Gasteiger partial charge in [0.2, 0.25) is 10.6 Å². The summed E-state index contributed by atoms with van der Waals surface area (Å²) >= 11 is 5.06. The maximum Gasteiger partial charge on any atom is 0.276 e. The number of nitrogens with one attached hydrogen (secondary N) is 2. The molecule has 0 spiro atoms. The van der Waals surface area contributed by atoms with E-state index in [-0.39, 0.29) is 17.2 Å². The summed E-state index contributed by atoms with van der Waals surface area (Å²) in [4.78, 5) is 12.0. The molecule has 7 nitrogen and oxygen atoms in total. The number of furan rings is 1. The molecule has 2 heterocycles. The number of amides is 1. The molecular formula is C14H11FN4O3S. The predicted octanol–water partition coefficient (Wildman–Crippen LogP) is 2.49. The van der Waals surface area contributed by atoms with Gasteiger partial charge in [0.05, 0.1) is 6.26 Å². The number of H-pyrrole nitrogens is 1. The maximum atomic E-state index is 12.8. The zero-order chi connectivity index (χ0) is 16.2. The molecule has 0 atom stereocenters. The zero-order valence-corrected chi connectivity index (χ0v) is 12.5. The molecule has 2 aromatic heterocycles. The highest BCUT2D eigenvalue weighted by Crippen LogP contribution is 2.16. The minimum atomic E-state index is -0.459. The largest absolute Gasteiger partial charge is 0.484 e. The summed E-state index contributed by atoms with van der Waals surface area (Å²) in [5.41, 5.74) is 2.55. The van der Waals surface area contributed by atoms with Gasteiger partial charge < -0.3 is 9.15 Å². The molecule has 0 saturated carbocycles. The van der Waals surface area contributed by atoms with Gasteiger partial charge in [-0.05, 0) is 48.6 Å². The summed E-state index contributed by atoms with van der Waals surface area (Å²) in [5, 5.41) is 6.56. The van der Waals surface area contributed by atoms with Crippen LogP contribution in [0.15, 0.2) is 47.1 Å². The Hall–Kier alpha value is -2.94. The zero-order valence-electron chi connectivity index (χ0n) is 11.7. The molecule has 0 fully saturated rings. The molecule has 3 aromatic rings. The third-order valence-electron chi connectivity index (χ3n) is 2.83. The third kappa shape index (κ3) is 3.46. The van der Waals surface area contributed by atoms with Crippen LogP contribution in [0.1, 0.15) is 0 Å². The van der Waals surface area contributed by atoms with Crippen LogP contribution in [0.5, 0.6) is 5.75 Å². The Labute approximate surface area is 134 Å². The van der Waals surface area contributed by atoms with E-state index in [2.05, 4.69) is 15.6 Å². The highest BCUT2D eigenvalue weighted by atomic mass is 32.1. The van der Waals surface area contributed by atoms with Crippen molar-refractivity contribution in [3.8, 4) is 17.3 Å². The fourth-order valence-corrected chi connectivity index (χ4v) is 1.99. The fourth-order valence-electron chi connectivity index (χ4n) is 1.81. The molecule has 2 N–H and O–H groups in total. The summed E-state index contributed by atoms with van der Waals surface area (Å²) in [6, 6.07) is 8.73. The Bertz CT molecular complexity index is 855. The quantitative estimate of drug-likeness (QED) is 0.700. The van der Waals surface area contributed by atoms with Crippen molar-refractivity contribution in [3.63, 3.8) is 0 Å². The van der Waals surface area contributed by atoms with Crippen LogP contribution >= 0.6 is 12.2 Å². The fraction of sp³-hybridized carbons (Fsp3) is 0.0714. The van der Waals surface area contributed by atoms with Gasteiger partial charge in [-0.3, -0.25) is 10.2 Å². The van der Waals surface area contributed by atoms with Crippen molar-refractivity contribution in [2.75, 3.05) is 12.0 Å². The maximum absolute atomic E-state index is 12.8.